The number of piperidine rings is 1. The molecule has 2 aliphatic heterocycles. The third kappa shape index (κ3) is 4.14. The van der Waals surface area contributed by atoms with Gasteiger partial charge in [-0.2, -0.15) is 0 Å². The van der Waals surface area contributed by atoms with Crippen LogP contribution in [0.4, 0.5) is 0 Å². The van der Waals surface area contributed by atoms with E-state index in [1.807, 2.05) is 4.90 Å². The summed E-state index contributed by atoms with van der Waals surface area (Å²) in [7, 11) is 0. The van der Waals surface area contributed by atoms with E-state index in [-0.39, 0.29) is 17.5 Å². The molecule has 2 aliphatic rings. The number of thiophene rings is 1. The molecule has 1 saturated heterocycles. The van der Waals surface area contributed by atoms with Crippen LogP contribution in [0.3, 0.4) is 0 Å². The number of likely N-dealkylation sites (tertiary alicyclic amines) is 1. The van der Waals surface area contributed by atoms with Gasteiger partial charge in [-0.05, 0) is 57.9 Å². The predicted molar refractivity (Wildman–Crippen MR) is 121 cm³/mol. The van der Waals surface area contributed by atoms with Gasteiger partial charge in [-0.3, -0.25) is 14.2 Å². The summed E-state index contributed by atoms with van der Waals surface area (Å²) in [6.07, 6.45) is 7.02. The van der Waals surface area contributed by atoms with Crippen LogP contribution in [0.1, 0.15) is 79.9 Å². The number of esters is 1. The van der Waals surface area contributed by atoms with E-state index in [4.69, 9.17) is 9.72 Å². The van der Waals surface area contributed by atoms with Crippen molar-refractivity contribution in [3.05, 3.63) is 26.6 Å². The molecule has 0 aromatic carbocycles. The molecule has 0 radical (unpaired) electrons. The Labute approximate surface area is 186 Å². The van der Waals surface area contributed by atoms with Crippen LogP contribution in [0.2, 0.25) is 0 Å². The normalized spacial score (nSPS) is 20.2. The molecular formula is C23H31N3O4S. The van der Waals surface area contributed by atoms with E-state index < -0.39 is 12.1 Å². The summed E-state index contributed by atoms with van der Waals surface area (Å²) in [6, 6.07) is 0.216. The second-order valence-electron chi connectivity index (χ2n) is 8.67. The van der Waals surface area contributed by atoms with Crippen LogP contribution in [0.15, 0.2) is 4.79 Å². The van der Waals surface area contributed by atoms with Crippen molar-refractivity contribution >= 4 is 33.4 Å². The van der Waals surface area contributed by atoms with E-state index >= 15 is 0 Å². The molecule has 0 saturated carbocycles. The lowest BCUT2D eigenvalue weighted by atomic mass is 9.99. The van der Waals surface area contributed by atoms with Gasteiger partial charge in [0.05, 0.1) is 5.39 Å². The first kappa shape index (κ1) is 22.0. The van der Waals surface area contributed by atoms with E-state index in [0.717, 1.165) is 57.2 Å². The number of nitrogens with zero attached hydrogens (tertiary/aromatic N) is 3. The molecule has 0 N–H and O–H groups in total. The number of amides is 1. The van der Waals surface area contributed by atoms with Gasteiger partial charge in [-0.25, -0.2) is 9.78 Å². The van der Waals surface area contributed by atoms with Crippen LogP contribution in [-0.2, 0) is 22.5 Å². The summed E-state index contributed by atoms with van der Waals surface area (Å²) in [5, 5.41) is 0.503. The summed E-state index contributed by atoms with van der Waals surface area (Å²) in [5.74, 6) is 0.116. The zero-order valence-corrected chi connectivity index (χ0v) is 19.4. The van der Waals surface area contributed by atoms with Crippen LogP contribution in [0, 0.1) is 6.92 Å². The van der Waals surface area contributed by atoms with Gasteiger partial charge >= 0.3 is 5.97 Å². The summed E-state index contributed by atoms with van der Waals surface area (Å²) < 4.78 is 7.35. The molecule has 31 heavy (non-hydrogen) atoms. The van der Waals surface area contributed by atoms with Crippen molar-refractivity contribution in [2.24, 2.45) is 0 Å². The van der Waals surface area contributed by atoms with Crippen LogP contribution in [0.5, 0.6) is 0 Å². The van der Waals surface area contributed by atoms with Crippen molar-refractivity contribution in [3.8, 4) is 0 Å². The van der Waals surface area contributed by atoms with E-state index in [2.05, 4.69) is 6.92 Å². The fourth-order valence-corrected chi connectivity index (χ4v) is 5.89. The molecule has 1 amide bonds. The number of carbonyl (C=O) groups is 2. The SMILES string of the molecule is CCC1CCCCN1C(=O)C(C)OC(=O)c1sc2nc3n(c(=O)c2c1C)CCCCC3. The average molecular weight is 446 g/mol. The molecule has 2 atom stereocenters. The zero-order valence-electron chi connectivity index (χ0n) is 18.6. The molecule has 1 fully saturated rings. The lowest BCUT2D eigenvalue weighted by Gasteiger charge is -2.36. The highest BCUT2D eigenvalue weighted by molar-refractivity contribution is 7.20. The molecule has 2 aromatic rings. The van der Waals surface area contributed by atoms with Crippen LogP contribution in [-0.4, -0.2) is 45.0 Å². The minimum atomic E-state index is -0.852. The van der Waals surface area contributed by atoms with Crippen molar-refractivity contribution < 1.29 is 14.3 Å². The number of carbonyl (C=O) groups excluding carboxylic acids is 2. The highest BCUT2D eigenvalue weighted by Gasteiger charge is 2.32. The van der Waals surface area contributed by atoms with Gasteiger partial charge in [0.1, 0.15) is 15.5 Å². The summed E-state index contributed by atoms with van der Waals surface area (Å²) in [4.78, 5) is 46.5. The highest BCUT2D eigenvalue weighted by atomic mass is 32.1. The number of ether oxygens (including phenoxy) is 1. The maximum Gasteiger partial charge on any atom is 0.349 e. The topological polar surface area (TPSA) is 81.5 Å². The number of aryl methyl sites for hydroxylation is 2. The van der Waals surface area contributed by atoms with Gasteiger partial charge in [0.15, 0.2) is 6.10 Å². The minimum Gasteiger partial charge on any atom is -0.448 e. The highest BCUT2D eigenvalue weighted by Crippen LogP contribution is 2.29. The van der Waals surface area contributed by atoms with E-state index in [0.29, 0.717) is 33.7 Å². The van der Waals surface area contributed by atoms with Crippen molar-refractivity contribution in [1.29, 1.82) is 0 Å². The second-order valence-corrected chi connectivity index (χ2v) is 9.67. The van der Waals surface area contributed by atoms with Crippen LogP contribution in [0.25, 0.3) is 10.2 Å². The quantitative estimate of drug-likeness (QED) is 0.668. The van der Waals surface area contributed by atoms with Gasteiger partial charge in [0.2, 0.25) is 0 Å². The molecule has 7 nitrogen and oxygen atoms in total. The fourth-order valence-electron chi connectivity index (χ4n) is 4.82. The van der Waals surface area contributed by atoms with Gasteiger partial charge in [0.25, 0.3) is 11.5 Å². The fraction of sp³-hybridized carbons (Fsp3) is 0.652. The Kier molecular flexibility index (Phi) is 6.46. The Balaban J connectivity index is 1.58. The average Bonchev–Trinajstić information content (AvgIpc) is 2.94. The maximum absolute atomic E-state index is 13.1. The summed E-state index contributed by atoms with van der Waals surface area (Å²) in [5.41, 5.74) is 0.532. The molecular weight excluding hydrogens is 414 g/mol. The monoisotopic (exact) mass is 445 g/mol. The minimum absolute atomic E-state index is 0.0714. The Morgan fingerprint density at radius 1 is 1.19 bits per heavy atom. The molecule has 0 bridgehead atoms. The number of aromatic nitrogens is 2. The second kappa shape index (κ2) is 9.10. The van der Waals surface area contributed by atoms with Crippen LogP contribution < -0.4 is 5.56 Å². The van der Waals surface area contributed by atoms with E-state index in [1.165, 1.54) is 11.3 Å². The molecule has 168 valence electrons. The Bertz CT molecular complexity index is 1060. The van der Waals surface area contributed by atoms with E-state index in [9.17, 15) is 14.4 Å². The van der Waals surface area contributed by atoms with Crippen molar-refractivity contribution in [2.45, 2.75) is 90.8 Å². The van der Waals surface area contributed by atoms with Gasteiger partial charge in [-0.15, -0.1) is 11.3 Å². The molecule has 0 spiro atoms. The lowest BCUT2D eigenvalue weighted by Crippen LogP contribution is -2.48. The molecule has 0 aliphatic carbocycles. The molecule has 2 unspecified atom stereocenters. The third-order valence-electron chi connectivity index (χ3n) is 6.61. The summed E-state index contributed by atoms with van der Waals surface area (Å²) >= 11 is 1.20. The van der Waals surface area contributed by atoms with Crippen LogP contribution >= 0.6 is 11.3 Å². The Morgan fingerprint density at radius 3 is 2.74 bits per heavy atom. The predicted octanol–water partition coefficient (Wildman–Crippen LogP) is 3.83. The van der Waals surface area contributed by atoms with Crippen molar-refractivity contribution in [3.63, 3.8) is 0 Å². The largest absolute Gasteiger partial charge is 0.448 e. The first-order valence-electron chi connectivity index (χ1n) is 11.5. The standard InChI is InChI=1S/C23H31N3O4S/c1-4-16-10-7-9-12-25(16)21(27)15(3)30-23(29)19-14(2)18-20(31-19)24-17-11-6-5-8-13-26(17)22(18)28/h15-16H,4-13H2,1-3H3. The smallest absolute Gasteiger partial charge is 0.349 e. The number of fused-ring (bicyclic) bond motifs is 2. The number of rotatable bonds is 4. The first-order chi connectivity index (χ1) is 14.9. The van der Waals surface area contributed by atoms with Gasteiger partial charge < -0.3 is 9.64 Å². The number of hydrogen-bond donors (Lipinski definition) is 0. The van der Waals surface area contributed by atoms with Gasteiger partial charge in [-0.1, -0.05) is 13.3 Å². The molecule has 4 heterocycles. The molecule has 4 rings (SSSR count). The lowest BCUT2D eigenvalue weighted by molar-refractivity contribution is -0.143. The Morgan fingerprint density at radius 2 is 1.97 bits per heavy atom. The van der Waals surface area contributed by atoms with Crippen molar-refractivity contribution in [1.82, 2.24) is 14.5 Å². The third-order valence-corrected chi connectivity index (χ3v) is 7.78. The molecule has 8 heteroatoms. The summed E-state index contributed by atoms with van der Waals surface area (Å²) in [6.45, 7) is 6.88. The van der Waals surface area contributed by atoms with Crippen molar-refractivity contribution in [2.75, 3.05) is 6.54 Å². The number of hydrogen-bond acceptors (Lipinski definition) is 6. The maximum atomic E-state index is 13.1. The Hall–Kier alpha value is -2.22. The zero-order chi connectivity index (χ0) is 22.1. The molecule has 2 aromatic heterocycles. The first-order valence-corrected chi connectivity index (χ1v) is 12.3. The van der Waals surface area contributed by atoms with Gasteiger partial charge in [0, 0.05) is 25.6 Å². The van der Waals surface area contributed by atoms with E-state index in [1.54, 1.807) is 18.4 Å².